The van der Waals surface area contributed by atoms with Gasteiger partial charge in [0.05, 0.1) is 79.3 Å². The summed E-state index contributed by atoms with van der Waals surface area (Å²) >= 11 is 0. The number of ether oxygens (including phenoxy) is 8. The Morgan fingerprint density at radius 3 is 1.41 bits per heavy atom. The Balaban J connectivity index is 1.66. The minimum Gasteiger partial charge on any atom is -0.491 e. The van der Waals surface area contributed by atoms with E-state index in [1.54, 1.807) is 0 Å². The molecule has 0 atom stereocenters. The number of para-hydroxylation sites is 1. The number of carbonyl (C=O) groups is 1. The first-order valence-electron chi connectivity index (χ1n) is 14.6. The smallest absolute Gasteiger partial charge is 0.305 e. The van der Waals surface area contributed by atoms with Crippen LogP contribution in [0.1, 0.15) is 58.3 Å². The first-order chi connectivity index (χ1) is 19.3. The van der Waals surface area contributed by atoms with Crippen LogP contribution in [-0.2, 0) is 38.0 Å². The van der Waals surface area contributed by atoms with E-state index in [1.165, 1.54) is 32.1 Å². The molecule has 1 aromatic rings. The minimum absolute atomic E-state index is 0.136. The van der Waals surface area contributed by atoms with Gasteiger partial charge in [0.25, 0.3) is 0 Å². The summed E-state index contributed by atoms with van der Waals surface area (Å²) < 4.78 is 43.5. The molecule has 0 N–H and O–H groups in total. The summed E-state index contributed by atoms with van der Waals surface area (Å²) in [5.41, 5.74) is 0. The lowest BCUT2D eigenvalue weighted by molar-refractivity contribution is -0.145. The molecule has 0 aliphatic rings. The van der Waals surface area contributed by atoms with Gasteiger partial charge in [0.1, 0.15) is 19.0 Å². The SMILES string of the molecule is CCCCCCCCCC(=O)OCCOCCOCCOCCOCCOCCOCCOc1ccccc1. The van der Waals surface area contributed by atoms with Gasteiger partial charge in [-0.3, -0.25) is 4.79 Å². The maximum atomic E-state index is 11.7. The third-order valence-corrected chi connectivity index (χ3v) is 5.57. The molecule has 9 nitrogen and oxygen atoms in total. The molecule has 0 aliphatic carbocycles. The number of benzene rings is 1. The van der Waals surface area contributed by atoms with Crippen molar-refractivity contribution in [3.8, 4) is 5.75 Å². The lowest BCUT2D eigenvalue weighted by Crippen LogP contribution is -2.15. The summed E-state index contributed by atoms with van der Waals surface area (Å²) in [4.78, 5) is 11.7. The van der Waals surface area contributed by atoms with E-state index in [1.807, 2.05) is 30.3 Å². The fourth-order valence-electron chi connectivity index (χ4n) is 3.45. The molecule has 0 radical (unpaired) electrons. The van der Waals surface area contributed by atoms with E-state index in [9.17, 15) is 4.79 Å². The standard InChI is InChI=1S/C30H52O9/c1-2-3-4-5-6-7-11-14-30(31)39-28-26-37-24-22-35-20-18-33-16-15-32-17-19-34-21-23-36-25-27-38-29-12-9-8-10-13-29/h8-10,12-13H,2-7,11,14-28H2,1H3. The van der Waals surface area contributed by atoms with Crippen LogP contribution in [0.3, 0.4) is 0 Å². The first-order valence-corrected chi connectivity index (χ1v) is 14.6. The summed E-state index contributed by atoms with van der Waals surface area (Å²) in [6.07, 6.45) is 8.83. The van der Waals surface area contributed by atoms with Crippen molar-refractivity contribution in [3.63, 3.8) is 0 Å². The average molecular weight is 557 g/mol. The Morgan fingerprint density at radius 1 is 0.513 bits per heavy atom. The molecule has 0 bridgehead atoms. The summed E-state index contributed by atoms with van der Waals surface area (Å²) in [6.45, 7) is 8.99. The van der Waals surface area contributed by atoms with Crippen molar-refractivity contribution in [2.75, 3.05) is 92.5 Å². The van der Waals surface area contributed by atoms with Gasteiger partial charge in [-0.15, -0.1) is 0 Å². The Morgan fingerprint density at radius 2 is 0.923 bits per heavy atom. The maximum Gasteiger partial charge on any atom is 0.305 e. The molecule has 0 aromatic heterocycles. The van der Waals surface area contributed by atoms with Crippen molar-refractivity contribution >= 4 is 5.97 Å². The Bertz CT molecular complexity index is 630. The van der Waals surface area contributed by atoms with Gasteiger partial charge in [-0.1, -0.05) is 63.6 Å². The van der Waals surface area contributed by atoms with Crippen molar-refractivity contribution < 1.29 is 42.7 Å². The molecule has 0 saturated heterocycles. The van der Waals surface area contributed by atoms with Gasteiger partial charge in [-0.25, -0.2) is 0 Å². The molecule has 0 heterocycles. The molecule has 0 saturated carbocycles. The zero-order chi connectivity index (χ0) is 27.9. The van der Waals surface area contributed by atoms with Gasteiger partial charge < -0.3 is 37.9 Å². The first kappa shape index (κ1) is 35.3. The molecule has 226 valence electrons. The van der Waals surface area contributed by atoms with E-state index < -0.39 is 0 Å². The number of carbonyl (C=O) groups excluding carboxylic acids is 1. The number of esters is 1. The average Bonchev–Trinajstić information content (AvgIpc) is 2.95. The van der Waals surface area contributed by atoms with Crippen molar-refractivity contribution in [1.29, 1.82) is 0 Å². The van der Waals surface area contributed by atoms with Gasteiger partial charge in [-0.05, 0) is 18.6 Å². The third kappa shape index (κ3) is 26.2. The molecule has 9 heteroatoms. The Labute approximate surface area is 235 Å². The van der Waals surface area contributed by atoms with Crippen molar-refractivity contribution in [2.24, 2.45) is 0 Å². The van der Waals surface area contributed by atoms with E-state index in [0.717, 1.165) is 18.6 Å². The molecule has 0 fully saturated rings. The van der Waals surface area contributed by atoms with Crippen LogP contribution in [0.25, 0.3) is 0 Å². The van der Waals surface area contributed by atoms with Gasteiger partial charge in [-0.2, -0.15) is 0 Å². The van der Waals surface area contributed by atoms with E-state index >= 15 is 0 Å². The summed E-state index contributed by atoms with van der Waals surface area (Å²) in [6, 6.07) is 9.67. The van der Waals surface area contributed by atoms with Gasteiger partial charge in [0.15, 0.2) is 0 Å². The summed E-state index contributed by atoms with van der Waals surface area (Å²) in [5, 5.41) is 0. The summed E-state index contributed by atoms with van der Waals surface area (Å²) in [5.74, 6) is 0.709. The van der Waals surface area contributed by atoms with Gasteiger partial charge in [0.2, 0.25) is 0 Å². The van der Waals surface area contributed by atoms with Crippen LogP contribution in [-0.4, -0.2) is 98.5 Å². The van der Waals surface area contributed by atoms with Gasteiger partial charge in [0, 0.05) is 6.42 Å². The van der Waals surface area contributed by atoms with Crippen LogP contribution in [0.4, 0.5) is 0 Å². The van der Waals surface area contributed by atoms with Crippen LogP contribution < -0.4 is 4.74 Å². The summed E-state index contributed by atoms with van der Waals surface area (Å²) in [7, 11) is 0. The normalized spacial score (nSPS) is 11.1. The quantitative estimate of drug-likeness (QED) is 0.0974. The van der Waals surface area contributed by atoms with Crippen LogP contribution in [0.2, 0.25) is 0 Å². The highest BCUT2D eigenvalue weighted by Crippen LogP contribution is 2.09. The molecular formula is C30H52O9. The highest BCUT2D eigenvalue weighted by Gasteiger charge is 2.02. The molecule has 1 aromatic carbocycles. The highest BCUT2D eigenvalue weighted by molar-refractivity contribution is 5.69. The maximum absolute atomic E-state index is 11.7. The topological polar surface area (TPSA) is 90.9 Å². The monoisotopic (exact) mass is 556 g/mol. The fourth-order valence-corrected chi connectivity index (χ4v) is 3.45. The number of hydrogen-bond acceptors (Lipinski definition) is 9. The third-order valence-electron chi connectivity index (χ3n) is 5.57. The molecule has 0 unspecified atom stereocenters. The predicted molar refractivity (Wildman–Crippen MR) is 150 cm³/mol. The van der Waals surface area contributed by atoms with Crippen molar-refractivity contribution in [2.45, 2.75) is 58.3 Å². The number of unbranched alkanes of at least 4 members (excludes halogenated alkanes) is 6. The fraction of sp³-hybridized carbons (Fsp3) is 0.767. The lowest BCUT2D eigenvalue weighted by Gasteiger charge is -2.09. The molecule has 1 rings (SSSR count). The predicted octanol–water partition coefficient (Wildman–Crippen LogP) is 4.85. The van der Waals surface area contributed by atoms with Crippen LogP contribution in [0, 0.1) is 0 Å². The molecular weight excluding hydrogens is 504 g/mol. The minimum atomic E-state index is -0.136. The Kier molecular flexibility index (Phi) is 26.4. The van der Waals surface area contributed by atoms with E-state index in [-0.39, 0.29) is 5.97 Å². The van der Waals surface area contributed by atoms with E-state index in [4.69, 9.17) is 37.9 Å². The molecule has 0 amide bonds. The molecule has 0 spiro atoms. The van der Waals surface area contributed by atoms with E-state index in [0.29, 0.717) is 98.9 Å². The van der Waals surface area contributed by atoms with Gasteiger partial charge >= 0.3 is 5.97 Å². The number of rotatable bonds is 30. The van der Waals surface area contributed by atoms with E-state index in [2.05, 4.69) is 6.92 Å². The largest absolute Gasteiger partial charge is 0.491 e. The van der Waals surface area contributed by atoms with Crippen LogP contribution >= 0.6 is 0 Å². The van der Waals surface area contributed by atoms with Crippen molar-refractivity contribution in [3.05, 3.63) is 30.3 Å². The van der Waals surface area contributed by atoms with Crippen LogP contribution in [0.15, 0.2) is 30.3 Å². The van der Waals surface area contributed by atoms with Crippen molar-refractivity contribution in [1.82, 2.24) is 0 Å². The second-order valence-corrected chi connectivity index (χ2v) is 8.93. The molecule has 39 heavy (non-hydrogen) atoms. The van der Waals surface area contributed by atoms with Crippen LogP contribution in [0.5, 0.6) is 5.75 Å². The zero-order valence-electron chi connectivity index (χ0n) is 24.1. The second kappa shape index (κ2) is 29.2. The highest BCUT2D eigenvalue weighted by atomic mass is 16.6. The number of hydrogen-bond donors (Lipinski definition) is 0. The second-order valence-electron chi connectivity index (χ2n) is 8.93. The Hall–Kier alpha value is -1.75. The lowest BCUT2D eigenvalue weighted by atomic mass is 10.1. The zero-order valence-corrected chi connectivity index (χ0v) is 24.1. The molecule has 0 aliphatic heterocycles.